The summed E-state index contributed by atoms with van der Waals surface area (Å²) in [4.78, 5) is 31.7. The van der Waals surface area contributed by atoms with Crippen molar-refractivity contribution >= 4 is 11.9 Å². The van der Waals surface area contributed by atoms with Crippen molar-refractivity contribution in [1.29, 1.82) is 0 Å². The topological polar surface area (TPSA) is 53.1 Å². The monoisotopic (exact) mass is 453 g/mol. The van der Waals surface area contributed by atoms with Gasteiger partial charge in [-0.15, -0.1) is 0 Å². The average molecular weight is 454 g/mol. The SMILES string of the molecule is CCN1C(=O)N(Cc2cccc(C(F)(F)F)c2)C(=O)C12CCN(CC1CCOCC1)CC2. The van der Waals surface area contributed by atoms with E-state index in [1.165, 1.54) is 12.1 Å². The van der Waals surface area contributed by atoms with Crippen LogP contribution in [-0.4, -0.2) is 71.6 Å². The van der Waals surface area contributed by atoms with Crippen LogP contribution in [0.2, 0.25) is 0 Å². The maximum absolute atomic E-state index is 13.5. The first-order chi connectivity index (χ1) is 15.2. The smallest absolute Gasteiger partial charge is 0.381 e. The number of halogens is 3. The van der Waals surface area contributed by atoms with Crippen molar-refractivity contribution < 1.29 is 27.5 Å². The summed E-state index contributed by atoms with van der Waals surface area (Å²) in [5, 5.41) is 0. The van der Waals surface area contributed by atoms with Gasteiger partial charge in [-0.25, -0.2) is 4.79 Å². The first-order valence-electron chi connectivity index (χ1n) is 11.3. The van der Waals surface area contributed by atoms with E-state index in [4.69, 9.17) is 4.74 Å². The second kappa shape index (κ2) is 9.02. The van der Waals surface area contributed by atoms with Crippen LogP contribution in [0.25, 0.3) is 0 Å². The standard InChI is InChI=1S/C23H30F3N3O3/c1-2-29-21(31)28(16-18-4-3-5-19(14-18)23(24,25)26)20(30)22(29)8-10-27(11-9-22)15-17-6-12-32-13-7-17/h3-5,14,17H,2,6-13,15-16H2,1H3. The quantitative estimate of drug-likeness (QED) is 0.638. The molecule has 3 fully saturated rings. The number of ether oxygens (including phenoxy) is 1. The summed E-state index contributed by atoms with van der Waals surface area (Å²) in [5.74, 6) is 0.311. The Kier molecular flexibility index (Phi) is 6.49. The van der Waals surface area contributed by atoms with Gasteiger partial charge in [-0.05, 0) is 56.2 Å². The van der Waals surface area contributed by atoms with E-state index in [2.05, 4.69) is 4.90 Å². The zero-order valence-corrected chi connectivity index (χ0v) is 18.4. The number of piperidine rings is 1. The molecule has 0 unspecified atom stereocenters. The molecule has 9 heteroatoms. The maximum Gasteiger partial charge on any atom is 0.416 e. The van der Waals surface area contributed by atoms with Crippen LogP contribution in [0.15, 0.2) is 24.3 Å². The van der Waals surface area contributed by atoms with Crippen LogP contribution in [0.3, 0.4) is 0 Å². The molecule has 1 spiro atoms. The Hall–Kier alpha value is -2.13. The second-order valence-corrected chi connectivity index (χ2v) is 9.00. The molecular weight excluding hydrogens is 423 g/mol. The van der Waals surface area contributed by atoms with Gasteiger partial charge in [0.15, 0.2) is 0 Å². The Morgan fingerprint density at radius 3 is 2.44 bits per heavy atom. The lowest BCUT2D eigenvalue weighted by Gasteiger charge is -2.43. The first-order valence-corrected chi connectivity index (χ1v) is 11.3. The van der Waals surface area contributed by atoms with Gasteiger partial charge in [-0.3, -0.25) is 9.69 Å². The van der Waals surface area contributed by atoms with Gasteiger partial charge in [-0.1, -0.05) is 12.1 Å². The molecule has 0 aromatic heterocycles. The molecule has 0 saturated carbocycles. The normalized spacial score (nSPS) is 22.9. The number of likely N-dealkylation sites (N-methyl/N-ethyl adjacent to an activating group) is 1. The second-order valence-electron chi connectivity index (χ2n) is 9.00. The Bertz CT molecular complexity index is 846. The summed E-state index contributed by atoms with van der Waals surface area (Å²) in [6, 6.07) is 4.43. The van der Waals surface area contributed by atoms with Gasteiger partial charge in [-0.2, -0.15) is 13.2 Å². The van der Waals surface area contributed by atoms with Gasteiger partial charge < -0.3 is 14.5 Å². The van der Waals surface area contributed by atoms with Crippen molar-refractivity contribution in [2.45, 2.75) is 50.9 Å². The molecule has 0 N–H and O–H groups in total. The zero-order chi connectivity index (χ0) is 22.9. The van der Waals surface area contributed by atoms with Gasteiger partial charge in [0.2, 0.25) is 0 Å². The number of carbonyl (C=O) groups is 2. The third kappa shape index (κ3) is 4.37. The van der Waals surface area contributed by atoms with Crippen molar-refractivity contribution in [2.24, 2.45) is 5.92 Å². The summed E-state index contributed by atoms with van der Waals surface area (Å²) in [6.45, 7) is 6.10. The van der Waals surface area contributed by atoms with Crippen LogP contribution in [0.1, 0.15) is 43.7 Å². The van der Waals surface area contributed by atoms with Crippen molar-refractivity contribution in [3.63, 3.8) is 0 Å². The highest BCUT2D eigenvalue weighted by Crippen LogP contribution is 2.38. The number of urea groups is 1. The number of carbonyl (C=O) groups excluding carboxylic acids is 2. The maximum atomic E-state index is 13.5. The molecule has 3 aliphatic heterocycles. The van der Waals surface area contributed by atoms with Gasteiger partial charge in [0.1, 0.15) is 5.54 Å². The zero-order valence-electron chi connectivity index (χ0n) is 18.4. The van der Waals surface area contributed by atoms with Crippen LogP contribution in [0.5, 0.6) is 0 Å². The Labute approximate surface area is 186 Å². The molecule has 6 nitrogen and oxygen atoms in total. The molecule has 3 aliphatic rings. The number of amides is 3. The van der Waals surface area contributed by atoms with Crippen molar-refractivity contribution in [3.8, 4) is 0 Å². The molecular formula is C23H30F3N3O3. The number of imide groups is 1. The molecule has 0 radical (unpaired) electrons. The molecule has 0 atom stereocenters. The lowest BCUT2D eigenvalue weighted by atomic mass is 9.85. The van der Waals surface area contributed by atoms with Crippen molar-refractivity contribution in [2.75, 3.05) is 39.4 Å². The highest BCUT2D eigenvalue weighted by Gasteiger charge is 2.57. The first kappa shape index (κ1) is 23.0. The van der Waals surface area contributed by atoms with Crippen molar-refractivity contribution in [1.82, 2.24) is 14.7 Å². The lowest BCUT2D eigenvalue weighted by molar-refractivity contribution is -0.137. The number of benzene rings is 1. The molecule has 32 heavy (non-hydrogen) atoms. The highest BCUT2D eigenvalue weighted by molar-refractivity contribution is 6.07. The van der Waals surface area contributed by atoms with E-state index >= 15 is 0 Å². The minimum absolute atomic E-state index is 0.147. The number of nitrogens with zero attached hydrogens (tertiary/aromatic N) is 3. The van der Waals surface area contributed by atoms with E-state index in [9.17, 15) is 22.8 Å². The van der Waals surface area contributed by atoms with Crippen LogP contribution >= 0.6 is 0 Å². The predicted octanol–water partition coefficient (Wildman–Crippen LogP) is 3.75. The molecule has 176 valence electrons. The third-order valence-corrected chi connectivity index (χ3v) is 7.07. The van der Waals surface area contributed by atoms with E-state index < -0.39 is 23.3 Å². The molecule has 1 aromatic rings. The molecule has 4 rings (SSSR count). The molecule has 3 amide bonds. The van der Waals surface area contributed by atoms with Crippen LogP contribution < -0.4 is 0 Å². The summed E-state index contributed by atoms with van der Waals surface area (Å²) in [7, 11) is 0. The predicted molar refractivity (Wildman–Crippen MR) is 112 cm³/mol. The number of rotatable bonds is 5. The lowest BCUT2D eigenvalue weighted by Crippen LogP contribution is -2.57. The summed E-state index contributed by atoms with van der Waals surface area (Å²) < 4.78 is 44.7. The highest BCUT2D eigenvalue weighted by atomic mass is 19.4. The fraction of sp³-hybridized carbons (Fsp3) is 0.652. The molecule has 0 aliphatic carbocycles. The third-order valence-electron chi connectivity index (χ3n) is 7.07. The summed E-state index contributed by atoms with van der Waals surface area (Å²) in [6.07, 6.45) is -1.28. The van der Waals surface area contributed by atoms with Crippen molar-refractivity contribution in [3.05, 3.63) is 35.4 Å². The van der Waals surface area contributed by atoms with Crippen LogP contribution in [-0.2, 0) is 22.3 Å². The largest absolute Gasteiger partial charge is 0.416 e. The Balaban J connectivity index is 1.46. The number of alkyl halides is 3. The van der Waals surface area contributed by atoms with Crippen LogP contribution in [0.4, 0.5) is 18.0 Å². The van der Waals surface area contributed by atoms with Gasteiger partial charge in [0.25, 0.3) is 5.91 Å². The molecule has 3 heterocycles. The minimum Gasteiger partial charge on any atom is -0.381 e. The summed E-state index contributed by atoms with van der Waals surface area (Å²) in [5.41, 5.74) is -1.37. The number of hydrogen-bond acceptors (Lipinski definition) is 4. The van der Waals surface area contributed by atoms with E-state index in [1.807, 2.05) is 6.92 Å². The number of hydrogen-bond donors (Lipinski definition) is 0. The van der Waals surface area contributed by atoms with Crippen LogP contribution in [0, 0.1) is 5.92 Å². The molecule has 1 aromatic carbocycles. The van der Waals surface area contributed by atoms with Gasteiger partial charge in [0.05, 0.1) is 12.1 Å². The van der Waals surface area contributed by atoms with Gasteiger partial charge >= 0.3 is 12.2 Å². The van der Waals surface area contributed by atoms with E-state index in [-0.39, 0.29) is 12.5 Å². The summed E-state index contributed by atoms with van der Waals surface area (Å²) >= 11 is 0. The average Bonchev–Trinajstić information content (AvgIpc) is 2.96. The van der Waals surface area contributed by atoms with E-state index in [0.717, 1.165) is 62.7 Å². The Morgan fingerprint density at radius 1 is 1.12 bits per heavy atom. The van der Waals surface area contributed by atoms with Gasteiger partial charge in [0, 0.05) is 39.4 Å². The Morgan fingerprint density at radius 2 is 1.81 bits per heavy atom. The number of likely N-dealkylation sites (tertiary alicyclic amines) is 1. The minimum atomic E-state index is -4.47. The van der Waals surface area contributed by atoms with E-state index in [1.54, 1.807) is 4.90 Å². The van der Waals surface area contributed by atoms with E-state index in [0.29, 0.717) is 30.9 Å². The molecule has 3 saturated heterocycles. The fourth-order valence-electron chi connectivity index (χ4n) is 5.27. The fourth-order valence-corrected chi connectivity index (χ4v) is 5.27. The molecule has 0 bridgehead atoms.